The van der Waals surface area contributed by atoms with Gasteiger partial charge in [-0.05, 0) is 47.8 Å². The van der Waals surface area contributed by atoms with Crippen LogP contribution in [0.1, 0.15) is 36.4 Å². The van der Waals surface area contributed by atoms with E-state index in [4.69, 9.17) is 4.98 Å². The largest absolute Gasteiger partial charge is 0.309 e. The summed E-state index contributed by atoms with van der Waals surface area (Å²) in [5.41, 5.74) is 2.38. The minimum absolute atomic E-state index is 0.486. The highest BCUT2D eigenvalue weighted by Gasteiger charge is 2.24. The molecule has 0 saturated heterocycles. The van der Waals surface area contributed by atoms with Crippen molar-refractivity contribution in [1.82, 2.24) is 15.3 Å². The summed E-state index contributed by atoms with van der Waals surface area (Å²) in [5.74, 6) is 0. The van der Waals surface area contributed by atoms with Crippen LogP contribution in [0, 0.1) is 0 Å². The lowest BCUT2D eigenvalue weighted by Gasteiger charge is -2.21. The molecule has 0 saturated carbocycles. The van der Waals surface area contributed by atoms with Gasteiger partial charge in [0.2, 0.25) is 0 Å². The summed E-state index contributed by atoms with van der Waals surface area (Å²) >= 11 is 5.28. The molecular weight excluding hydrogens is 322 g/mol. The predicted molar refractivity (Wildman–Crippen MR) is 82.4 cm³/mol. The number of nitrogens with zero attached hydrogens (tertiary/aromatic N) is 2. The lowest BCUT2D eigenvalue weighted by Crippen LogP contribution is -2.23. The van der Waals surface area contributed by atoms with E-state index in [9.17, 15) is 0 Å². The van der Waals surface area contributed by atoms with Gasteiger partial charge in [-0.15, -0.1) is 11.3 Å². The molecule has 0 amide bonds. The zero-order valence-corrected chi connectivity index (χ0v) is 13.2. The number of halogens is 1. The Morgan fingerprint density at radius 3 is 3.16 bits per heavy atom. The first-order valence-corrected chi connectivity index (χ1v) is 8.22. The van der Waals surface area contributed by atoms with Gasteiger partial charge in [0.15, 0.2) is 0 Å². The molecule has 1 atom stereocenters. The summed E-state index contributed by atoms with van der Waals surface area (Å²) in [6.07, 6.45) is 7.24. The quantitative estimate of drug-likeness (QED) is 0.921. The maximum Gasteiger partial charge on any atom is 0.125 e. The van der Waals surface area contributed by atoms with E-state index in [0.717, 1.165) is 28.0 Å². The summed E-state index contributed by atoms with van der Waals surface area (Å²) in [7, 11) is 0. The minimum atomic E-state index is 0.486. The molecule has 2 aromatic heterocycles. The van der Waals surface area contributed by atoms with E-state index in [2.05, 4.69) is 39.2 Å². The van der Waals surface area contributed by atoms with Gasteiger partial charge in [0.25, 0.3) is 0 Å². The third kappa shape index (κ3) is 2.73. The molecule has 0 radical (unpaired) electrons. The van der Waals surface area contributed by atoms with Crippen LogP contribution < -0.4 is 5.32 Å². The van der Waals surface area contributed by atoms with Crippen molar-refractivity contribution in [3.63, 3.8) is 0 Å². The molecule has 0 aromatic carbocycles. The van der Waals surface area contributed by atoms with Crippen molar-refractivity contribution in [3.8, 4) is 10.6 Å². The molecule has 1 unspecified atom stereocenters. The number of hydrogen-bond acceptors (Lipinski definition) is 4. The Kier molecular flexibility index (Phi) is 3.96. The monoisotopic (exact) mass is 337 g/mol. The summed E-state index contributed by atoms with van der Waals surface area (Å²) < 4.78 is 1.00. The van der Waals surface area contributed by atoms with E-state index in [1.807, 2.05) is 17.5 Å². The summed E-state index contributed by atoms with van der Waals surface area (Å²) in [6, 6.07) is 2.57. The third-order valence-corrected chi connectivity index (χ3v) is 5.05. The fraction of sp³-hybridized carbons (Fsp3) is 0.429. The van der Waals surface area contributed by atoms with E-state index in [1.54, 1.807) is 6.20 Å². The number of fused-ring (bicyclic) bond motifs is 1. The van der Waals surface area contributed by atoms with Crippen LogP contribution in [0.3, 0.4) is 0 Å². The van der Waals surface area contributed by atoms with Gasteiger partial charge in [-0.25, -0.2) is 4.98 Å². The smallest absolute Gasteiger partial charge is 0.125 e. The standard InChI is InChI=1S/C14H16BrN3S/c1-2-17-11-4-3-5-12-13(11)19-14(18-12)9-6-10(15)8-16-7-9/h6-8,11,17H,2-5H2,1H3. The van der Waals surface area contributed by atoms with Gasteiger partial charge in [-0.2, -0.15) is 0 Å². The van der Waals surface area contributed by atoms with E-state index in [0.29, 0.717) is 6.04 Å². The van der Waals surface area contributed by atoms with Crippen molar-refractivity contribution in [2.45, 2.75) is 32.2 Å². The summed E-state index contributed by atoms with van der Waals surface area (Å²) in [5, 5.41) is 4.65. The minimum Gasteiger partial charge on any atom is -0.309 e. The number of aromatic nitrogens is 2. The first kappa shape index (κ1) is 13.2. The van der Waals surface area contributed by atoms with Crippen LogP contribution in [-0.4, -0.2) is 16.5 Å². The van der Waals surface area contributed by atoms with E-state index >= 15 is 0 Å². The second kappa shape index (κ2) is 5.69. The summed E-state index contributed by atoms with van der Waals surface area (Å²) in [6.45, 7) is 3.17. The zero-order valence-electron chi connectivity index (χ0n) is 10.8. The maximum absolute atomic E-state index is 4.81. The van der Waals surface area contributed by atoms with Crippen LogP contribution in [0.15, 0.2) is 22.9 Å². The molecule has 1 aliphatic rings. The molecule has 5 heteroatoms. The Balaban J connectivity index is 1.97. The maximum atomic E-state index is 4.81. The van der Waals surface area contributed by atoms with E-state index in [1.165, 1.54) is 23.4 Å². The van der Waals surface area contributed by atoms with Crippen molar-refractivity contribution in [1.29, 1.82) is 0 Å². The normalized spacial score (nSPS) is 18.3. The average molecular weight is 338 g/mol. The Bertz CT molecular complexity index is 582. The number of hydrogen-bond donors (Lipinski definition) is 1. The molecule has 2 heterocycles. The number of nitrogens with one attached hydrogen (secondary N) is 1. The first-order valence-electron chi connectivity index (χ1n) is 6.62. The number of pyridine rings is 1. The first-order chi connectivity index (χ1) is 9.28. The second-order valence-corrected chi connectivity index (χ2v) is 6.67. The molecule has 2 aromatic rings. The fourth-order valence-corrected chi connectivity index (χ4v) is 4.08. The van der Waals surface area contributed by atoms with Crippen molar-refractivity contribution >= 4 is 27.3 Å². The fourth-order valence-electron chi connectivity index (χ4n) is 2.51. The lowest BCUT2D eigenvalue weighted by atomic mass is 9.98. The molecule has 1 aliphatic carbocycles. The van der Waals surface area contributed by atoms with Crippen LogP contribution in [-0.2, 0) is 6.42 Å². The van der Waals surface area contributed by atoms with Gasteiger partial charge in [0.05, 0.1) is 5.69 Å². The van der Waals surface area contributed by atoms with Gasteiger partial charge < -0.3 is 5.32 Å². The van der Waals surface area contributed by atoms with E-state index in [-0.39, 0.29) is 0 Å². The van der Waals surface area contributed by atoms with Gasteiger partial charge in [-0.3, -0.25) is 4.98 Å². The molecule has 0 spiro atoms. The topological polar surface area (TPSA) is 37.8 Å². The summed E-state index contributed by atoms with van der Waals surface area (Å²) in [4.78, 5) is 10.5. The van der Waals surface area contributed by atoms with Gasteiger partial charge in [0, 0.05) is 33.3 Å². The molecule has 1 N–H and O–H groups in total. The Morgan fingerprint density at radius 1 is 1.47 bits per heavy atom. The Labute approximate surface area is 125 Å². The number of rotatable bonds is 3. The van der Waals surface area contributed by atoms with Gasteiger partial charge in [-0.1, -0.05) is 6.92 Å². The van der Waals surface area contributed by atoms with E-state index < -0.39 is 0 Å². The predicted octanol–water partition coefficient (Wildman–Crippen LogP) is 3.95. The van der Waals surface area contributed by atoms with Crippen molar-refractivity contribution in [2.75, 3.05) is 6.54 Å². The van der Waals surface area contributed by atoms with Gasteiger partial charge in [0.1, 0.15) is 5.01 Å². The molecule has 19 heavy (non-hydrogen) atoms. The molecule has 0 aliphatic heterocycles. The highest BCUT2D eigenvalue weighted by atomic mass is 79.9. The molecular formula is C14H16BrN3S. The third-order valence-electron chi connectivity index (χ3n) is 3.35. The molecule has 3 rings (SSSR count). The van der Waals surface area contributed by atoms with Crippen LogP contribution in [0.2, 0.25) is 0 Å². The molecule has 0 fully saturated rings. The molecule has 0 bridgehead atoms. The van der Waals surface area contributed by atoms with Crippen molar-refractivity contribution < 1.29 is 0 Å². The number of aryl methyl sites for hydroxylation is 1. The van der Waals surface area contributed by atoms with Crippen molar-refractivity contribution in [2.24, 2.45) is 0 Å². The average Bonchev–Trinajstić information content (AvgIpc) is 2.84. The Hall–Kier alpha value is -0.780. The zero-order chi connectivity index (χ0) is 13.2. The number of thiazole rings is 1. The lowest BCUT2D eigenvalue weighted by molar-refractivity contribution is 0.476. The second-order valence-electron chi connectivity index (χ2n) is 4.72. The van der Waals surface area contributed by atoms with Crippen LogP contribution in [0.25, 0.3) is 10.6 Å². The highest BCUT2D eigenvalue weighted by Crippen LogP contribution is 2.38. The van der Waals surface area contributed by atoms with Crippen LogP contribution >= 0.6 is 27.3 Å². The Morgan fingerprint density at radius 2 is 2.37 bits per heavy atom. The van der Waals surface area contributed by atoms with Crippen LogP contribution in [0.4, 0.5) is 0 Å². The van der Waals surface area contributed by atoms with Crippen LogP contribution in [0.5, 0.6) is 0 Å². The molecule has 3 nitrogen and oxygen atoms in total. The van der Waals surface area contributed by atoms with Gasteiger partial charge >= 0.3 is 0 Å². The highest BCUT2D eigenvalue weighted by molar-refractivity contribution is 9.10. The SMILES string of the molecule is CCNC1CCCc2nc(-c3cncc(Br)c3)sc21. The molecule has 100 valence electrons. The van der Waals surface area contributed by atoms with Crippen molar-refractivity contribution in [3.05, 3.63) is 33.5 Å².